The number of benzene rings is 1. The van der Waals surface area contributed by atoms with E-state index >= 15 is 0 Å². The van der Waals surface area contributed by atoms with Crippen molar-refractivity contribution in [3.8, 4) is 0 Å². The minimum absolute atomic E-state index is 0.0450. The van der Waals surface area contributed by atoms with Crippen LogP contribution < -0.4 is 10.5 Å². The summed E-state index contributed by atoms with van der Waals surface area (Å²) in [5.41, 5.74) is 1.87. The number of piperazine rings is 1. The Morgan fingerprint density at radius 3 is 2.56 bits per heavy atom. The Hall–Kier alpha value is -3.70. The molecule has 1 N–H and O–H groups in total. The first-order valence-electron chi connectivity index (χ1n) is 12.5. The largest absolute Gasteiger partial charge is 0.353 e. The molecule has 0 spiro atoms. The number of amides is 1. The number of halogens is 2. The Balaban J connectivity index is 1.34. The molecule has 39 heavy (non-hydrogen) atoms. The topological polar surface area (TPSA) is 100 Å². The van der Waals surface area contributed by atoms with Crippen LogP contribution in [0.2, 0.25) is 5.02 Å². The highest BCUT2D eigenvalue weighted by atomic mass is 35.5. The minimum atomic E-state index is -0.349. The molecule has 0 saturated carbocycles. The molecule has 1 fully saturated rings. The lowest BCUT2D eigenvalue weighted by Gasteiger charge is -2.35. The molecule has 1 atom stereocenters. The number of rotatable bonds is 8. The molecule has 202 valence electrons. The summed E-state index contributed by atoms with van der Waals surface area (Å²) in [6.45, 7) is 4.35. The molecule has 1 amide bonds. The molecule has 4 heterocycles. The molecule has 5 rings (SSSR count). The van der Waals surface area contributed by atoms with Crippen LogP contribution in [-0.2, 0) is 17.1 Å². The molecule has 1 aromatic carbocycles. The number of anilines is 1. The maximum atomic E-state index is 13.4. The third kappa shape index (κ3) is 6.48. The van der Waals surface area contributed by atoms with E-state index in [0.29, 0.717) is 47.7 Å². The zero-order chi connectivity index (χ0) is 27.4. The fourth-order valence-corrected chi connectivity index (χ4v) is 5.44. The van der Waals surface area contributed by atoms with Crippen molar-refractivity contribution in [2.24, 2.45) is 0 Å². The van der Waals surface area contributed by atoms with Gasteiger partial charge in [0.25, 0.3) is 5.56 Å². The first-order valence-corrected chi connectivity index (χ1v) is 13.9. The highest BCUT2D eigenvalue weighted by Crippen LogP contribution is 2.25. The van der Waals surface area contributed by atoms with Crippen LogP contribution in [0.1, 0.15) is 29.5 Å². The minimum Gasteiger partial charge on any atom is -0.353 e. The van der Waals surface area contributed by atoms with E-state index in [0.717, 1.165) is 16.9 Å². The van der Waals surface area contributed by atoms with Crippen LogP contribution in [0, 0.1) is 5.82 Å². The van der Waals surface area contributed by atoms with Gasteiger partial charge in [-0.3, -0.25) is 14.7 Å². The van der Waals surface area contributed by atoms with E-state index in [1.165, 1.54) is 23.9 Å². The molecule has 9 nitrogen and oxygen atoms in total. The molecule has 0 radical (unpaired) electrons. The van der Waals surface area contributed by atoms with Gasteiger partial charge in [0.15, 0.2) is 5.16 Å². The van der Waals surface area contributed by atoms with Crippen molar-refractivity contribution in [3.63, 3.8) is 0 Å². The van der Waals surface area contributed by atoms with Crippen LogP contribution in [0.25, 0.3) is 0 Å². The fraction of sp³-hybridized carbons (Fsp3) is 0.296. The molecule has 3 aromatic heterocycles. The second kappa shape index (κ2) is 12.0. The Morgan fingerprint density at radius 2 is 1.90 bits per heavy atom. The number of nitrogens with zero attached hydrogens (tertiary/aromatic N) is 6. The van der Waals surface area contributed by atoms with Gasteiger partial charge >= 0.3 is 0 Å². The van der Waals surface area contributed by atoms with Crippen molar-refractivity contribution in [1.82, 2.24) is 29.6 Å². The summed E-state index contributed by atoms with van der Waals surface area (Å²) in [4.78, 5) is 39.1. The van der Waals surface area contributed by atoms with Crippen LogP contribution >= 0.6 is 23.4 Å². The lowest BCUT2D eigenvalue weighted by atomic mass is 9.98. The summed E-state index contributed by atoms with van der Waals surface area (Å²) >= 11 is 7.29. The van der Waals surface area contributed by atoms with Gasteiger partial charge in [0, 0.05) is 62.0 Å². The number of aromatic nitrogens is 5. The number of aromatic amines is 1. The van der Waals surface area contributed by atoms with Gasteiger partial charge < -0.3 is 14.4 Å². The molecule has 1 saturated heterocycles. The number of hydrogen-bond donors (Lipinski definition) is 1. The summed E-state index contributed by atoms with van der Waals surface area (Å²) in [5, 5.41) is 7.78. The Bertz CT molecular complexity index is 1470. The van der Waals surface area contributed by atoms with Gasteiger partial charge in [0.05, 0.1) is 11.2 Å². The average Bonchev–Trinajstić information content (AvgIpc) is 3.49. The van der Waals surface area contributed by atoms with Gasteiger partial charge in [0.2, 0.25) is 5.91 Å². The van der Waals surface area contributed by atoms with Gasteiger partial charge in [-0.05, 0) is 35.4 Å². The maximum absolute atomic E-state index is 13.4. The normalized spacial score (nSPS) is 14.4. The van der Waals surface area contributed by atoms with Crippen molar-refractivity contribution in [3.05, 3.63) is 99.1 Å². The molecule has 1 aliphatic heterocycles. The summed E-state index contributed by atoms with van der Waals surface area (Å²) in [6.07, 6.45) is 6.76. The summed E-state index contributed by atoms with van der Waals surface area (Å²) in [6, 6.07) is 9.86. The third-order valence-electron chi connectivity index (χ3n) is 6.73. The monoisotopic (exact) mass is 567 g/mol. The Labute approximate surface area is 234 Å². The fourth-order valence-electron chi connectivity index (χ4n) is 4.41. The van der Waals surface area contributed by atoms with Crippen molar-refractivity contribution in [2.45, 2.75) is 30.3 Å². The number of thioether (sulfide) groups is 1. The van der Waals surface area contributed by atoms with Crippen LogP contribution in [-0.4, -0.2) is 61.7 Å². The van der Waals surface area contributed by atoms with E-state index in [9.17, 15) is 14.0 Å². The molecular weight excluding hydrogens is 541 g/mol. The lowest BCUT2D eigenvalue weighted by Crippen LogP contribution is -2.50. The standard InChI is InChI=1S/C27H27ClFN7O2S/c1-18(20-12-31-32-13-20)23-15-36(27(33-26(23)38)39-17-19-2-5-22(29)6-3-19)16-25(37)35-10-8-34(9-11-35)24-7-4-21(28)14-30-24/h2-7,12-15,18H,8-11,16-17H2,1H3,(H,31,32). The molecule has 1 aliphatic rings. The van der Waals surface area contributed by atoms with Gasteiger partial charge in [-0.15, -0.1) is 0 Å². The highest BCUT2D eigenvalue weighted by Gasteiger charge is 2.24. The SMILES string of the molecule is CC(c1cn[nH]c1)c1cn(CC(=O)N2CCN(c3ccc(Cl)cn3)CC2)c(SCc2ccc(F)cc2)nc1=O. The van der Waals surface area contributed by atoms with Crippen LogP contribution in [0.4, 0.5) is 10.2 Å². The zero-order valence-corrected chi connectivity index (χ0v) is 22.8. The number of nitrogens with one attached hydrogen (secondary N) is 1. The van der Waals surface area contributed by atoms with E-state index in [1.807, 2.05) is 17.9 Å². The summed E-state index contributed by atoms with van der Waals surface area (Å²) in [5.74, 6) is 0.679. The number of carbonyl (C=O) groups excluding carboxylic acids is 1. The van der Waals surface area contributed by atoms with Crippen molar-refractivity contribution >= 4 is 35.1 Å². The molecule has 12 heteroatoms. The number of pyridine rings is 1. The second-order valence-corrected chi connectivity index (χ2v) is 10.7. The van der Waals surface area contributed by atoms with Gasteiger partial charge in [-0.25, -0.2) is 9.37 Å². The average molecular weight is 568 g/mol. The van der Waals surface area contributed by atoms with Crippen LogP contribution in [0.3, 0.4) is 0 Å². The van der Waals surface area contributed by atoms with E-state index < -0.39 is 0 Å². The molecule has 1 unspecified atom stereocenters. The highest BCUT2D eigenvalue weighted by molar-refractivity contribution is 7.98. The van der Waals surface area contributed by atoms with Crippen LogP contribution in [0.5, 0.6) is 0 Å². The number of hydrogen-bond acceptors (Lipinski definition) is 7. The summed E-state index contributed by atoms with van der Waals surface area (Å²) in [7, 11) is 0. The molecule has 0 bridgehead atoms. The second-order valence-electron chi connectivity index (χ2n) is 9.28. The smallest absolute Gasteiger partial charge is 0.277 e. The predicted octanol–water partition coefficient (Wildman–Crippen LogP) is 3.95. The van der Waals surface area contributed by atoms with E-state index in [2.05, 4.69) is 25.1 Å². The summed E-state index contributed by atoms with van der Waals surface area (Å²) < 4.78 is 15.1. The predicted molar refractivity (Wildman–Crippen MR) is 149 cm³/mol. The molecule has 4 aromatic rings. The Kier molecular flexibility index (Phi) is 8.27. The Morgan fingerprint density at radius 1 is 1.13 bits per heavy atom. The van der Waals surface area contributed by atoms with Crippen molar-refractivity contribution in [1.29, 1.82) is 0 Å². The molecular formula is C27H27ClFN7O2S. The maximum Gasteiger partial charge on any atom is 0.277 e. The van der Waals surface area contributed by atoms with Gasteiger partial charge in [-0.2, -0.15) is 10.1 Å². The van der Waals surface area contributed by atoms with Gasteiger partial charge in [-0.1, -0.05) is 42.4 Å². The van der Waals surface area contributed by atoms with Crippen molar-refractivity contribution in [2.75, 3.05) is 31.1 Å². The lowest BCUT2D eigenvalue weighted by molar-refractivity contribution is -0.132. The van der Waals surface area contributed by atoms with Crippen LogP contribution in [0.15, 0.2) is 71.1 Å². The quantitative estimate of drug-likeness (QED) is 0.254. The van der Waals surface area contributed by atoms with E-state index in [1.54, 1.807) is 47.6 Å². The number of carbonyl (C=O) groups is 1. The first-order chi connectivity index (χ1) is 18.9. The number of H-pyrrole nitrogens is 1. The molecule has 0 aliphatic carbocycles. The third-order valence-corrected chi connectivity index (χ3v) is 8.01. The van der Waals surface area contributed by atoms with E-state index in [-0.39, 0.29) is 29.7 Å². The zero-order valence-electron chi connectivity index (χ0n) is 21.3. The van der Waals surface area contributed by atoms with Crippen molar-refractivity contribution < 1.29 is 9.18 Å². The first kappa shape index (κ1) is 26.9. The van der Waals surface area contributed by atoms with Gasteiger partial charge in [0.1, 0.15) is 18.2 Å². The van der Waals surface area contributed by atoms with E-state index in [4.69, 9.17) is 11.6 Å².